The first-order valence-corrected chi connectivity index (χ1v) is 11.1. The number of nitrogens with zero attached hydrogens (tertiary/aromatic N) is 1. The number of likely N-dealkylation sites (N-methyl/N-ethyl adjacent to an activating group) is 1. The Bertz CT molecular complexity index is 989. The van der Waals surface area contributed by atoms with Gasteiger partial charge in [0.15, 0.2) is 0 Å². The van der Waals surface area contributed by atoms with Gasteiger partial charge in [0, 0.05) is 20.2 Å². The van der Waals surface area contributed by atoms with Crippen LogP contribution in [0.5, 0.6) is 0 Å². The minimum atomic E-state index is -3.79. The summed E-state index contributed by atoms with van der Waals surface area (Å²) in [4.78, 5) is 25.1. The van der Waals surface area contributed by atoms with Crippen molar-refractivity contribution in [3.63, 3.8) is 0 Å². The summed E-state index contributed by atoms with van der Waals surface area (Å²) >= 11 is 0. The lowest BCUT2D eigenvalue weighted by Crippen LogP contribution is -2.36. The molecule has 8 nitrogen and oxygen atoms in total. The van der Waals surface area contributed by atoms with Crippen LogP contribution in [0.3, 0.4) is 0 Å². The summed E-state index contributed by atoms with van der Waals surface area (Å²) in [6.07, 6.45) is 1.89. The van der Waals surface area contributed by atoms with Gasteiger partial charge in [0.25, 0.3) is 5.91 Å². The van der Waals surface area contributed by atoms with E-state index in [-0.39, 0.29) is 23.5 Å². The first kappa shape index (κ1) is 21.9. The summed E-state index contributed by atoms with van der Waals surface area (Å²) in [6, 6.07) is 14.5. The van der Waals surface area contributed by atoms with Crippen molar-refractivity contribution in [2.45, 2.75) is 23.8 Å². The zero-order chi connectivity index (χ0) is 21.6. The fraction of sp³-hybridized carbons (Fsp3) is 0.333. The van der Waals surface area contributed by atoms with Crippen LogP contribution in [-0.4, -0.2) is 57.4 Å². The van der Waals surface area contributed by atoms with Crippen LogP contribution in [0.15, 0.2) is 59.5 Å². The summed E-state index contributed by atoms with van der Waals surface area (Å²) in [6.45, 7) is 0.717. The molecule has 1 aliphatic heterocycles. The molecule has 30 heavy (non-hydrogen) atoms. The minimum absolute atomic E-state index is 0.00699. The van der Waals surface area contributed by atoms with Gasteiger partial charge in [-0.2, -0.15) is 4.31 Å². The van der Waals surface area contributed by atoms with Crippen molar-refractivity contribution in [1.29, 1.82) is 0 Å². The third-order valence-electron chi connectivity index (χ3n) is 4.78. The minimum Gasteiger partial charge on any atom is -0.376 e. The Kier molecular flexibility index (Phi) is 7.20. The van der Waals surface area contributed by atoms with E-state index in [4.69, 9.17) is 4.74 Å². The smallest absolute Gasteiger partial charge is 0.253 e. The molecule has 2 amide bonds. The molecule has 0 bridgehead atoms. The average molecular weight is 432 g/mol. The molecular weight excluding hydrogens is 406 g/mol. The van der Waals surface area contributed by atoms with E-state index in [1.807, 2.05) is 0 Å². The van der Waals surface area contributed by atoms with Crippen LogP contribution in [0, 0.1) is 0 Å². The number of rotatable bonds is 8. The predicted molar refractivity (Wildman–Crippen MR) is 113 cm³/mol. The van der Waals surface area contributed by atoms with E-state index < -0.39 is 15.9 Å². The summed E-state index contributed by atoms with van der Waals surface area (Å²) in [5.41, 5.74) is 0.621. The van der Waals surface area contributed by atoms with Crippen molar-refractivity contribution >= 4 is 27.5 Å². The second-order valence-corrected chi connectivity index (χ2v) is 9.06. The van der Waals surface area contributed by atoms with Crippen molar-refractivity contribution in [3.8, 4) is 0 Å². The summed E-state index contributed by atoms with van der Waals surface area (Å²) < 4.78 is 31.6. The van der Waals surface area contributed by atoms with Crippen molar-refractivity contribution in [2.24, 2.45) is 0 Å². The van der Waals surface area contributed by atoms with E-state index in [2.05, 4.69) is 10.6 Å². The number of carbonyl (C=O) groups excluding carboxylic acids is 2. The summed E-state index contributed by atoms with van der Waals surface area (Å²) in [5.74, 6) is -0.872. The van der Waals surface area contributed by atoms with Gasteiger partial charge in [-0.25, -0.2) is 8.42 Å². The molecule has 2 N–H and O–H groups in total. The molecule has 0 spiro atoms. The van der Waals surface area contributed by atoms with E-state index in [0.717, 1.165) is 17.1 Å². The van der Waals surface area contributed by atoms with E-state index in [1.54, 1.807) is 42.5 Å². The second kappa shape index (κ2) is 9.84. The van der Waals surface area contributed by atoms with Gasteiger partial charge >= 0.3 is 0 Å². The third-order valence-corrected chi connectivity index (χ3v) is 6.60. The number of carbonyl (C=O) groups is 2. The number of anilines is 1. The van der Waals surface area contributed by atoms with Gasteiger partial charge in [-0.3, -0.25) is 9.59 Å². The number of hydrogen-bond acceptors (Lipinski definition) is 5. The Morgan fingerprint density at radius 1 is 1.10 bits per heavy atom. The lowest BCUT2D eigenvalue weighted by molar-refractivity contribution is -0.116. The molecule has 1 aliphatic rings. The molecule has 0 unspecified atom stereocenters. The maximum Gasteiger partial charge on any atom is 0.253 e. The van der Waals surface area contributed by atoms with E-state index in [1.165, 1.54) is 19.2 Å². The molecule has 0 saturated carbocycles. The fourth-order valence-electron chi connectivity index (χ4n) is 3.15. The van der Waals surface area contributed by atoms with Crippen LogP contribution in [0.4, 0.5) is 5.69 Å². The zero-order valence-electron chi connectivity index (χ0n) is 16.7. The zero-order valence-corrected chi connectivity index (χ0v) is 17.5. The standard InChI is InChI=1S/C21H25N3O5S/c1-24(30(27,28)17-9-3-2-4-10-17)15-20(25)23-19-12-6-5-11-18(19)21(26)22-14-16-8-7-13-29-16/h2-6,9-12,16H,7-8,13-15H2,1H3,(H,22,26)(H,23,25)/t16-/m0/s1. The largest absolute Gasteiger partial charge is 0.376 e. The Balaban J connectivity index is 1.63. The van der Waals surface area contributed by atoms with Crippen molar-refractivity contribution < 1.29 is 22.7 Å². The number of hydrogen-bond donors (Lipinski definition) is 2. The molecule has 160 valence electrons. The van der Waals surface area contributed by atoms with Crippen molar-refractivity contribution in [3.05, 3.63) is 60.2 Å². The third kappa shape index (κ3) is 5.44. The van der Waals surface area contributed by atoms with Crippen molar-refractivity contribution in [2.75, 3.05) is 32.1 Å². The Morgan fingerprint density at radius 2 is 1.80 bits per heavy atom. The van der Waals surface area contributed by atoms with Crippen LogP contribution in [0.1, 0.15) is 23.2 Å². The number of para-hydroxylation sites is 1. The Morgan fingerprint density at radius 3 is 2.50 bits per heavy atom. The SMILES string of the molecule is CN(CC(=O)Nc1ccccc1C(=O)NC[C@@H]1CCCO1)S(=O)(=O)c1ccccc1. The molecule has 2 aromatic carbocycles. The van der Waals surface area contributed by atoms with Crippen LogP contribution in [-0.2, 0) is 19.6 Å². The summed E-state index contributed by atoms with van der Waals surface area (Å²) in [7, 11) is -2.46. The number of benzene rings is 2. The molecule has 3 rings (SSSR count). The quantitative estimate of drug-likeness (QED) is 0.664. The normalized spacial score (nSPS) is 16.4. The summed E-state index contributed by atoms with van der Waals surface area (Å²) in [5, 5.41) is 5.46. The molecule has 1 saturated heterocycles. The van der Waals surface area contributed by atoms with Gasteiger partial charge in [0.05, 0.1) is 28.8 Å². The van der Waals surface area contributed by atoms with Crippen LogP contribution in [0.25, 0.3) is 0 Å². The monoisotopic (exact) mass is 431 g/mol. The van der Waals surface area contributed by atoms with Gasteiger partial charge in [-0.1, -0.05) is 30.3 Å². The lowest BCUT2D eigenvalue weighted by atomic mass is 10.1. The molecule has 1 heterocycles. The van der Waals surface area contributed by atoms with E-state index >= 15 is 0 Å². The fourth-order valence-corrected chi connectivity index (χ4v) is 4.29. The lowest BCUT2D eigenvalue weighted by Gasteiger charge is -2.18. The Hall–Kier alpha value is -2.75. The molecule has 0 aliphatic carbocycles. The highest BCUT2D eigenvalue weighted by Crippen LogP contribution is 2.17. The molecule has 0 radical (unpaired) electrons. The number of ether oxygens (including phenoxy) is 1. The highest BCUT2D eigenvalue weighted by molar-refractivity contribution is 7.89. The average Bonchev–Trinajstić information content (AvgIpc) is 3.26. The van der Waals surface area contributed by atoms with Crippen LogP contribution < -0.4 is 10.6 Å². The highest BCUT2D eigenvalue weighted by Gasteiger charge is 2.23. The first-order valence-electron chi connectivity index (χ1n) is 9.68. The molecule has 9 heteroatoms. The second-order valence-electron chi connectivity index (χ2n) is 7.01. The molecular formula is C21H25N3O5S. The molecule has 1 atom stereocenters. The highest BCUT2D eigenvalue weighted by atomic mass is 32.2. The maximum atomic E-state index is 12.6. The van der Waals surface area contributed by atoms with Gasteiger partial charge in [0.2, 0.25) is 15.9 Å². The topological polar surface area (TPSA) is 105 Å². The maximum absolute atomic E-state index is 12.6. The van der Waals surface area contributed by atoms with Crippen molar-refractivity contribution in [1.82, 2.24) is 9.62 Å². The van der Waals surface area contributed by atoms with Crippen LogP contribution in [0.2, 0.25) is 0 Å². The number of nitrogens with one attached hydrogen (secondary N) is 2. The molecule has 0 aromatic heterocycles. The van der Waals surface area contributed by atoms with Gasteiger partial charge in [-0.15, -0.1) is 0 Å². The van der Waals surface area contributed by atoms with Gasteiger partial charge in [0.1, 0.15) is 0 Å². The van der Waals surface area contributed by atoms with E-state index in [9.17, 15) is 18.0 Å². The molecule has 2 aromatic rings. The first-order chi connectivity index (χ1) is 14.4. The number of amides is 2. The Labute approximate surface area is 176 Å². The van der Waals surface area contributed by atoms with Gasteiger partial charge < -0.3 is 15.4 Å². The van der Waals surface area contributed by atoms with Gasteiger partial charge in [-0.05, 0) is 37.1 Å². The van der Waals surface area contributed by atoms with Crippen LogP contribution >= 0.6 is 0 Å². The number of sulfonamides is 1. The van der Waals surface area contributed by atoms with E-state index in [0.29, 0.717) is 24.4 Å². The predicted octanol–water partition coefficient (Wildman–Crippen LogP) is 1.85. The molecule has 1 fully saturated rings.